The molecule has 0 heterocycles. The van der Waals surface area contributed by atoms with Gasteiger partial charge in [-0.15, -0.1) is 0 Å². The minimum atomic E-state index is -0.937. The number of hydrogen-bond donors (Lipinski definition) is 2. The molecule has 0 spiro atoms. The molecule has 2 aromatic rings. The lowest BCUT2D eigenvalue weighted by molar-refractivity contribution is -0.128. The van der Waals surface area contributed by atoms with Gasteiger partial charge in [-0.2, -0.15) is 0 Å². The average molecular weight is 341 g/mol. The summed E-state index contributed by atoms with van der Waals surface area (Å²) in [6.07, 6.45) is -0.307. The van der Waals surface area contributed by atoms with E-state index in [-0.39, 0.29) is 31.1 Å². The minimum absolute atomic E-state index is 0.0510. The number of hydrogen-bond acceptors (Lipinski definition) is 3. The molecule has 0 aliphatic heterocycles. The van der Waals surface area contributed by atoms with Crippen molar-refractivity contribution in [2.24, 2.45) is 5.92 Å². The van der Waals surface area contributed by atoms with E-state index >= 15 is 0 Å². The van der Waals surface area contributed by atoms with Crippen molar-refractivity contribution in [1.29, 1.82) is 0 Å². The molecule has 0 aliphatic rings. The van der Waals surface area contributed by atoms with E-state index in [1.165, 1.54) is 0 Å². The van der Waals surface area contributed by atoms with Crippen molar-refractivity contribution < 1.29 is 14.6 Å². The minimum Gasteiger partial charge on any atom is -0.388 e. The normalized spacial score (nSPS) is 13.7. The second-order valence-electron chi connectivity index (χ2n) is 6.80. The first-order chi connectivity index (χ1) is 11.9. The fourth-order valence-electron chi connectivity index (χ4n) is 2.33. The van der Waals surface area contributed by atoms with Crippen LogP contribution in [-0.2, 0) is 9.53 Å². The van der Waals surface area contributed by atoms with E-state index in [2.05, 4.69) is 5.32 Å². The topological polar surface area (TPSA) is 58.6 Å². The molecule has 1 unspecified atom stereocenters. The van der Waals surface area contributed by atoms with E-state index in [1.54, 1.807) is 6.92 Å². The van der Waals surface area contributed by atoms with Crippen molar-refractivity contribution in [2.75, 3.05) is 13.2 Å². The average Bonchev–Trinajstić information content (AvgIpc) is 2.62. The maximum absolute atomic E-state index is 12.1. The predicted molar refractivity (Wildman–Crippen MR) is 99.2 cm³/mol. The Kier molecular flexibility index (Phi) is 6.73. The molecule has 0 aromatic heterocycles. The fourth-order valence-corrected chi connectivity index (χ4v) is 2.33. The smallest absolute Gasteiger partial charge is 0.246 e. The van der Waals surface area contributed by atoms with Crippen molar-refractivity contribution in [2.45, 2.75) is 32.5 Å². The van der Waals surface area contributed by atoms with Gasteiger partial charge in [0.05, 0.1) is 5.60 Å². The number of aliphatic hydroxyl groups is 1. The second kappa shape index (κ2) is 8.79. The van der Waals surface area contributed by atoms with Crippen LogP contribution in [0.3, 0.4) is 0 Å². The van der Waals surface area contributed by atoms with Gasteiger partial charge in [0.2, 0.25) is 5.91 Å². The molecular weight excluding hydrogens is 314 g/mol. The standard InChI is InChI=1S/C21H27NO3/c1-16(2)21(3,24)15-22-19(23)14-25-20(17-10-6-4-7-11-17)18-12-8-5-9-13-18/h4-13,16,20,24H,14-15H2,1-3H3,(H,22,23). The largest absolute Gasteiger partial charge is 0.388 e. The van der Waals surface area contributed by atoms with Crippen LogP contribution in [0.4, 0.5) is 0 Å². The van der Waals surface area contributed by atoms with Crippen molar-refractivity contribution in [3.63, 3.8) is 0 Å². The molecule has 1 atom stereocenters. The quantitative estimate of drug-likeness (QED) is 0.774. The van der Waals surface area contributed by atoms with Crippen molar-refractivity contribution in [3.05, 3.63) is 71.8 Å². The Morgan fingerprint density at radius 2 is 1.52 bits per heavy atom. The Bertz CT molecular complexity index is 614. The summed E-state index contributed by atoms with van der Waals surface area (Å²) in [4.78, 5) is 12.1. The first kappa shape index (κ1) is 19.2. The van der Waals surface area contributed by atoms with Crippen LogP contribution >= 0.6 is 0 Å². The Labute approximate surface area is 149 Å². The van der Waals surface area contributed by atoms with Crippen LogP contribution in [0.15, 0.2) is 60.7 Å². The highest BCUT2D eigenvalue weighted by Crippen LogP contribution is 2.25. The van der Waals surface area contributed by atoms with E-state index < -0.39 is 5.60 Å². The third kappa shape index (κ3) is 5.69. The third-order valence-corrected chi connectivity index (χ3v) is 4.47. The summed E-state index contributed by atoms with van der Waals surface area (Å²) in [5, 5.41) is 13.0. The number of benzene rings is 2. The molecule has 0 saturated heterocycles. The molecule has 134 valence electrons. The predicted octanol–water partition coefficient (Wildman–Crippen LogP) is 3.32. The SMILES string of the molecule is CC(C)C(C)(O)CNC(=O)COC(c1ccccc1)c1ccccc1. The zero-order valence-corrected chi connectivity index (χ0v) is 15.1. The number of ether oxygens (including phenoxy) is 1. The summed E-state index contributed by atoms with van der Waals surface area (Å²) >= 11 is 0. The molecule has 2 N–H and O–H groups in total. The van der Waals surface area contributed by atoms with Gasteiger partial charge in [0.25, 0.3) is 0 Å². The summed E-state index contributed by atoms with van der Waals surface area (Å²) in [5.41, 5.74) is 1.06. The zero-order chi connectivity index (χ0) is 18.3. The zero-order valence-electron chi connectivity index (χ0n) is 15.1. The number of amides is 1. The van der Waals surface area contributed by atoms with Gasteiger partial charge < -0.3 is 15.2 Å². The van der Waals surface area contributed by atoms with E-state index in [0.29, 0.717) is 0 Å². The molecule has 1 amide bonds. The second-order valence-corrected chi connectivity index (χ2v) is 6.80. The lowest BCUT2D eigenvalue weighted by atomic mass is 9.92. The molecule has 4 nitrogen and oxygen atoms in total. The molecule has 4 heteroatoms. The molecule has 2 rings (SSSR count). The maximum atomic E-state index is 12.1. The van der Waals surface area contributed by atoms with Crippen molar-refractivity contribution in [3.8, 4) is 0 Å². The number of carbonyl (C=O) groups is 1. The van der Waals surface area contributed by atoms with E-state index in [0.717, 1.165) is 11.1 Å². The van der Waals surface area contributed by atoms with Crippen molar-refractivity contribution >= 4 is 5.91 Å². The Balaban J connectivity index is 2.00. The summed E-state index contributed by atoms with van der Waals surface area (Å²) in [6, 6.07) is 19.7. The lowest BCUT2D eigenvalue weighted by Crippen LogP contribution is -2.45. The summed E-state index contributed by atoms with van der Waals surface area (Å²) in [6.45, 7) is 5.69. The molecule has 2 aromatic carbocycles. The Morgan fingerprint density at radius 1 is 1.04 bits per heavy atom. The third-order valence-electron chi connectivity index (χ3n) is 4.47. The Morgan fingerprint density at radius 3 is 1.96 bits per heavy atom. The summed E-state index contributed by atoms with van der Waals surface area (Å²) in [5.74, 6) is -0.187. The van der Waals surface area contributed by atoms with Gasteiger partial charge in [-0.3, -0.25) is 4.79 Å². The van der Waals surface area contributed by atoms with Gasteiger partial charge in [0, 0.05) is 6.54 Å². The highest BCUT2D eigenvalue weighted by atomic mass is 16.5. The maximum Gasteiger partial charge on any atom is 0.246 e. The number of carbonyl (C=O) groups excluding carboxylic acids is 1. The summed E-state index contributed by atoms with van der Waals surface area (Å²) < 4.78 is 5.91. The van der Waals surface area contributed by atoms with Crippen molar-refractivity contribution in [1.82, 2.24) is 5.32 Å². The van der Waals surface area contributed by atoms with Gasteiger partial charge >= 0.3 is 0 Å². The molecular formula is C21H27NO3. The van der Waals surface area contributed by atoms with Gasteiger partial charge in [-0.05, 0) is 24.0 Å². The molecule has 0 fully saturated rings. The number of nitrogens with one attached hydrogen (secondary N) is 1. The van der Waals surface area contributed by atoms with Crippen LogP contribution in [0, 0.1) is 5.92 Å². The van der Waals surface area contributed by atoms with Gasteiger partial charge in [0.15, 0.2) is 0 Å². The van der Waals surface area contributed by atoms with Gasteiger partial charge in [0.1, 0.15) is 12.7 Å². The van der Waals surface area contributed by atoms with Crippen LogP contribution in [-0.4, -0.2) is 29.8 Å². The lowest BCUT2D eigenvalue weighted by Gasteiger charge is -2.28. The molecule has 0 bridgehead atoms. The van der Waals surface area contributed by atoms with E-state index in [1.807, 2.05) is 74.5 Å². The molecule has 0 aliphatic carbocycles. The van der Waals surface area contributed by atoms with Crippen LogP contribution < -0.4 is 5.32 Å². The highest BCUT2D eigenvalue weighted by Gasteiger charge is 2.25. The van der Waals surface area contributed by atoms with Gasteiger partial charge in [-0.1, -0.05) is 74.5 Å². The van der Waals surface area contributed by atoms with Crippen LogP contribution in [0.2, 0.25) is 0 Å². The van der Waals surface area contributed by atoms with Crippen LogP contribution in [0.5, 0.6) is 0 Å². The van der Waals surface area contributed by atoms with Crippen LogP contribution in [0.1, 0.15) is 38.0 Å². The van der Waals surface area contributed by atoms with E-state index in [4.69, 9.17) is 4.74 Å². The molecule has 0 saturated carbocycles. The molecule has 25 heavy (non-hydrogen) atoms. The summed E-state index contributed by atoms with van der Waals surface area (Å²) in [7, 11) is 0. The first-order valence-electron chi connectivity index (χ1n) is 8.60. The monoisotopic (exact) mass is 341 g/mol. The first-order valence-corrected chi connectivity index (χ1v) is 8.60. The number of rotatable bonds is 8. The molecule has 0 radical (unpaired) electrons. The van der Waals surface area contributed by atoms with E-state index in [9.17, 15) is 9.90 Å². The fraction of sp³-hybridized carbons (Fsp3) is 0.381. The van der Waals surface area contributed by atoms with Crippen LogP contribution in [0.25, 0.3) is 0 Å². The van der Waals surface area contributed by atoms with Gasteiger partial charge in [-0.25, -0.2) is 0 Å². The Hall–Kier alpha value is -2.17. The highest BCUT2D eigenvalue weighted by molar-refractivity contribution is 5.77.